The maximum Gasteiger partial charge on any atom is 0.224 e. The molecule has 1 N–H and O–H groups in total. The van der Waals surface area contributed by atoms with Crippen molar-refractivity contribution in [2.75, 3.05) is 5.32 Å². The van der Waals surface area contributed by atoms with Crippen molar-refractivity contribution in [3.63, 3.8) is 0 Å². The average Bonchev–Trinajstić information content (AvgIpc) is 2.27. The molecule has 0 aliphatic rings. The summed E-state index contributed by atoms with van der Waals surface area (Å²) in [6.07, 6.45) is 2.26. The standard InChI is InChI=1S/C14H15BrN2O/c1-9(2)6-13(18)17-12-5-3-4-10-7-11(15)8-16-14(10)12/h3-5,7-9H,6H2,1-2H3,(H,17,18). The van der Waals surface area contributed by atoms with E-state index in [2.05, 4.69) is 26.2 Å². The van der Waals surface area contributed by atoms with E-state index in [0.29, 0.717) is 12.3 Å². The molecule has 18 heavy (non-hydrogen) atoms. The van der Waals surface area contributed by atoms with E-state index in [9.17, 15) is 4.79 Å². The van der Waals surface area contributed by atoms with Crippen LogP contribution in [0.3, 0.4) is 0 Å². The summed E-state index contributed by atoms with van der Waals surface area (Å²) in [5.74, 6) is 0.379. The Labute approximate surface area is 115 Å². The van der Waals surface area contributed by atoms with Crippen molar-refractivity contribution in [1.82, 2.24) is 4.98 Å². The van der Waals surface area contributed by atoms with Gasteiger partial charge < -0.3 is 5.32 Å². The van der Waals surface area contributed by atoms with E-state index < -0.39 is 0 Å². The number of para-hydroxylation sites is 1. The van der Waals surface area contributed by atoms with Gasteiger partial charge in [-0.15, -0.1) is 0 Å². The van der Waals surface area contributed by atoms with Crippen LogP contribution in [0.1, 0.15) is 20.3 Å². The Bertz CT molecular complexity index is 581. The third kappa shape index (κ3) is 3.07. The predicted octanol–water partition coefficient (Wildman–Crippen LogP) is 3.98. The van der Waals surface area contributed by atoms with E-state index in [0.717, 1.165) is 21.1 Å². The molecule has 0 aliphatic carbocycles. The molecule has 0 saturated heterocycles. The van der Waals surface area contributed by atoms with Gasteiger partial charge in [-0.1, -0.05) is 26.0 Å². The fraction of sp³-hybridized carbons (Fsp3) is 0.286. The molecule has 0 bridgehead atoms. The van der Waals surface area contributed by atoms with Crippen LogP contribution < -0.4 is 5.32 Å². The zero-order valence-corrected chi connectivity index (χ0v) is 12.0. The van der Waals surface area contributed by atoms with Crippen LogP contribution in [-0.4, -0.2) is 10.9 Å². The maximum atomic E-state index is 11.8. The zero-order chi connectivity index (χ0) is 13.1. The summed E-state index contributed by atoms with van der Waals surface area (Å²) in [5, 5.41) is 3.93. The second kappa shape index (κ2) is 5.48. The molecule has 0 radical (unpaired) electrons. The molecule has 0 unspecified atom stereocenters. The minimum atomic E-state index is 0.0298. The number of hydrogen-bond donors (Lipinski definition) is 1. The first-order chi connectivity index (χ1) is 8.56. The topological polar surface area (TPSA) is 42.0 Å². The highest BCUT2D eigenvalue weighted by Gasteiger charge is 2.08. The fourth-order valence-electron chi connectivity index (χ4n) is 1.81. The summed E-state index contributed by atoms with van der Waals surface area (Å²) in [5.41, 5.74) is 1.59. The smallest absolute Gasteiger partial charge is 0.224 e. The zero-order valence-electron chi connectivity index (χ0n) is 10.4. The molecule has 1 aromatic heterocycles. The van der Waals surface area contributed by atoms with E-state index >= 15 is 0 Å². The number of fused-ring (bicyclic) bond motifs is 1. The highest BCUT2D eigenvalue weighted by Crippen LogP contribution is 2.24. The highest BCUT2D eigenvalue weighted by molar-refractivity contribution is 9.10. The minimum Gasteiger partial charge on any atom is -0.324 e. The molecule has 0 atom stereocenters. The number of carbonyl (C=O) groups is 1. The van der Waals surface area contributed by atoms with Gasteiger partial charge in [0, 0.05) is 22.5 Å². The number of nitrogens with zero attached hydrogens (tertiary/aromatic N) is 1. The van der Waals surface area contributed by atoms with E-state index in [4.69, 9.17) is 0 Å². The average molecular weight is 307 g/mol. The highest BCUT2D eigenvalue weighted by atomic mass is 79.9. The predicted molar refractivity (Wildman–Crippen MR) is 77.5 cm³/mol. The normalized spacial score (nSPS) is 10.9. The third-order valence-corrected chi connectivity index (χ3v) is 2.98. The monoisotopic (exact) mass is 306 g/mol. The SMILES string of the molecule is CC(C)CC(=O)Nc1cccc2cc(Br)cnc12. The number of benzene rings is 1. The molecule has 2 rings (SSSR count). The van der Waals surface area contributed by atoms with Crippen molar-refractivity contribution in [1.29, 1.82) is 0 Å². The first kappa shape index (κ1) is 13.0. The van der Waals surface area contributed by atoms with Crippen molar-refractivity contribution in [3.05, 3.63) is 34.9 Å². The number of halogens is 1. The van der Waals surface area contributed by atoms with E-state index in [1.807, 2.05) is 38.1 Å². The summed E-state index contributed by atoms with van der Waals surface area (Å²) in [7, 11) is 0. The Morgan fingerprint density at radius 3 is 2.94 bits per heavy atom. The molecule has 3 nitrogen and oxygen atoms in total. The number of anilines is 1. The van der Waals surface area contributed by atoms with E-state index in [1.165, 1.54) is 0 Å². The van der Waals surface area contributed by atoms with Gasteiger partial charge >= 0.3 is 0 Å². The van der Waals surface area contributed by atoms with E-state index in [1.54, 1.807) is 6.20 Å². The second-order valence-corrected chi connectivity index (χ2v) is 5.59. The summed E-state index contributed by atoms with van der Waals surface area (Å²) >= 11 is 3.39. The lowest BCUT2D eigenvalue weighted by atomic mass is 10.1. The number of pyridine rings is 1. The number of aromatic nitrogens is 1. The van der Waals surface area contributed by atoms with Crippen LogP contribution in [0.5, 0.6) is 0 Å². The lowest BCUT2D eigenvalue weighted by Crippen LogP contribution is -2.14. The molecule has 1 amide bonds. The Balaban J connectivity index is 2.31. The van der Waals surface area contributed by atoms with Crippen molar-refractivity contribution in [2.24, 2.45) is 5.92 Å². The Hall–Kier alpha value is -1.42. The molecule has 0 aliphatic heterocycles. The van der Waals surface area contributed by atoms with Crippen molar-refractivity contribution in [3.8, 4) is 0 Å². The number of carbonyl (C=O) groups excluding carboxylic acids is 1. The lowest BCUT2D eigenvalue weighted by molar-refractivity contribution is -0.116. The van der Waals surface area contributed by atoms with Gasteiger partial charge in [-0.2, -0.15) is 0 Å². The number of rotatable bonds is 3. The van der Waals surface area contributed by atoms with Crippen molar-refractivity contribution in [2.45, 2.75) is 20.3 Å². The van der Waals surface area contributed by atoms with Gasteiger partial charge in [-0.3, -0.25) is 9.78 Å². The van der Waals surface area contributed by atoms with Crippen LogP contribution in [0.25, 0.3) is 10.9 Å². The van der Waals surface area contributed by atoms with Crippen molar-refractivity contribution >= 4 is 38.4 Å². The first-order valence-electron chi connectivity index (χ1n) is 5.90. The molecule has 1 aromatic carbocycles. The van der Waals surface area contributed by atoms with Gasteiger partial charge in [-0.25, -0.2) is 0 Å². The molecular formula is C14H15BrN2O. The Morgan fingerprint density at radius 2 is 2.22 bits per heavy atom. The fourth-order valence-corrected chi connectivity index (χ4v) is 2.16. The first-order valence-corrected chi connectivity index (χ1v) is 6.69. The summed E-state index contributed by atoms with van der Waals surface area (Å²) in [6, 6.07) is 7.76. The molecule has 4 heteroatoms. The quantitative estimate of drug-likeness (QED) is 0.932. The van der Waals surface area contributed by atoms with Crippen LogP contribution in [0, 0.1) is 5.92 Å². The van der Waals surface area contributed by atoms with Gasteiger partial charge in [-0.05, 0) is 34.0 Å². The molecule has 1 heterocycles. The second-order valence-electron chi connectivity index (χ2n) is 4.68. The van der Waals surface area contributed by atoms with Gasteiger partial charge in [0.1, 0.15) is 0 Å². The molecule has 0 fully saturated rings. The minimum absolute atomic E-state index is 0.0298. The number of amides is 1. The Morgan fingerprint density at radius 1 is 1.44 bits per heavy atom. The number of nitrogens with one attached hydrogen (secondary N) is 1. The molecule has 2 aromatic rings. The van der Waals surface area contributed by atoms with Crippen LogP contribution in [0.4, 0.5) is 5.69 Å². The van der Waals surface area contributed by atoms with Gasteiger partial charge in [0.05, 0.1) is 11.2 Å². The molecular weight excluding hydrogens is 292 g/mol. The van der Waals surface area contributed by atoms with E-state index in [-0.39, 0.29) is 5.91 Å². The molecule has 94 valence electrons. The van der Waals surface area contributed by atoms with Gasteiger partial charge in [0.2, 0.25) is 5.91 Å². The summed E-state index contributed by atoms with van der Waals surface area (Å²) in [6.45, 7) is 4.05. The summed E-state index contributed by atoms with van der Waals surface area (Å²) < 4.78 is 0.931. The van der Waals surface area contributed by atoms with Crippen molar-refractivity contribution < 1.29 is 4.79 Å². The summed E-state index contributed by atoms with van der Waals surface area (Å²) in [4.78, 5) is 16.1. The largest absolute Gasteiger partial charge is 0.324 e. The third-order valence-electron chi connectivity index (χ3n) is 2.55. The van der Waals surface area contributed by atoms with Crippen LogP contribution in [0.15, 0.2) is 34.9 Å². The Kier molecular flexibility index (Phi) is 3.97. The van der Waals surface area contributed by atoms with Crippen LogP contribution in [-0.2, 0) is 4.79 Å². The number of hydrogen-bond acceptors (Lipinski definition) is 2. The van der Waals surface area contributed by atoms with Crippen LogP contribution >= 0.6 is 15.9 Å². The van der Waals surface area contributed by atoms with Gasteiger partial charge in [0.15, 0.2) is 0 Å². The lowest BCUT2D eigenvalue weighted by Gasteiger charge is -2.09. The van der Waals surface area contributed by atoms with Crippen LogP contribution in [0.2, 0.25) is 0 Å². The molecule has 0 spiro atoms. The maximum absolute atomic E-state index is 11.8. The molecule has 0 saturated carbocycles. The van der Waals surface area contributed by atoms with Gasteiger partial charge in [0.25, 0.3) is 0 Å².